The van der Waals surface area contributed by atoms with E-state index < -0.39 is 22.9 Å². The molecule has 162 valence electrons. The Kier molecular flexibility index (Phi) is 7.46. The SMILES string of the molecule is COC1=C(c2ccc(C(F)(F)F)cc2OC/C=C\C(=N)N(N)C(=N)Cl)C=C(F)CN1. The van der Waals surface area contributed by atoms with Crippen molar-refractivity contribution in [3.63, 3.8) is 0 Å². The van der Waals surface area contributed by atoms with Gasteiger partial charge in [0.05, 0.1) is 19.2 Å². The van der Waals surface area contributed by atoms with Crippen molar-refractivity contribution >= 4 is 28.3 Å². The number of amidine groups is 2. The summed E-state index contributed by atoms with van der Waals surface area (Å²) in [6.45, 7) is -0.352. The third kappa shape index (κ3) is 5.74. The zero-order valence-corrected chi connectivity index (χ0v) is 16.4. The minimum atomic E-state index is -4.61. The van der Waals surface area contributed by atoms with Crippen LogP contribution in [0.1, 0.15) is 11.1 Å². The lowest BCUT2D eigenvalue weighted by Gasteiger charge is -2.20. The van der Waals surface area contributed by atoms with Crippen molar-refractivity contribution in [2.24, 2.45) is 5.84 Å². The van der Waals surface area contributed by atoms with E-state index in [1.807, 2.05) is 0 Å². The first-order valence-corrected chi connectivity index (χ1v) is 8.69. The molecule has 1 aromatic rings. The number of benzene rings is 1. The molecule has 7 nitrogen and oxygen atoms in total. The number of dihydropyridines is 1. The first kappa shape index (κ1) is 23.2. The van der Waals surface area contributed by atoms with Crippen LogP contribution in [0.5, 0.6) is 5.75 Å². The third-order valence-corrected chi connectivity index (χ3v) is 4.03. The first-order chi connectivity index (χ1) is 14.0. The number of ether oxygens (including phenoxy) is 2. The highest BCUT2D eigenvalue weighted by Gasteiger charge is 2.32. The van der Waals surface area contributed by atoms with Gasteiger partial charge in [-0.05, 0) is 48.0 Å². The molecule has 0 aliphatic carbocycles. The summed E-state index contributed by atoms with van der Waals surface area (Å²) in [5.41, 5.74) is -0.589. The number of nitrogens with two attached hydrogens (primary N) is 1. The lowest BCUT2D eigenvalue weighted by Crippen LogP contribution is -2.38. The molecule has 0 atom stereocenters. The van der Waals surface area contributed by atoms with Crippen LogP contribution in [-0.2, 0) is 10.9 Å². The van der Waals surface area contributed by atoms with Gasteiger partial charge in [0, 0.05) is 11.1 Å². The van der Waals surface area contributed by atoms with Crippen LogP contribution >= 0.6 is 11.6 Å². The average Bonchev–Trinajstić information content (AvgIpc) is 2.69. The van der Waals surface area contributed by atoms with Gasteiger partial charge in [0.1, 0.15) is 24.0 Å². The Hall–Kier alpha value is -3.05. The van der Waals surface area contributed by atoms with Crippen LogP contribution < -0.4 is 15.9 Å². The lowest BCUT2D eigenvalue weighted by atomic mass is 10.0. The Labute approximate surface area is 174 Å². The summed E-state index contributed by atoms with van der Waals surface area (Å²) in [4.78, 5) is 0. The van der Waals surface area contributed by atoms with E-state index in [2.05, 4.69) is 5.32 Å². The summed E-state index contributed by atoms with van der Waals surface area (Å²) in [5.74, 6) is 4.49. The van der Waals surface area contributed by atoms with E-state index in [4.69, 9.17) is 37.7 Å². The van der Waals surface area contributed by atoms with Crippen LogP contribution in [0.3, 0.4) is 0 Å². The molecule has 1 heterocycles. The third-order valence-electron chi connectivity index (χ3n) is 3.85. The lowest BCUT2D eigenvalue weighted by molar-refractivity contribution is -0.137. The van der Waals surface area contributed by atoms with Gasteiger partial charge in [0.15, 0.2) is 5.88 Å². The molecule has 1 aromatic carbocycles. The molecule has 0 amide bonds. The minimum absolute atomic E-state index is 0.112. The largest absolute Gasteiger partial charge is 0.489 e. The van der Waals surface area contributed by atoms with Crippen LogP contribution in [-0.4, -0.2) is 36.4 Å². The molecule has 0 fully saturated rings. The first-order valence-electron chi connectivity index (χ1n) is 8.31. The monoisotopic (exact) mass is 447 g/mol. The normalized spacial score (nSPS) is 14.3. The van der Waals surface area contributed by atoms with Crippen molar-refractivity contribution in [1.29, 1.82) is 10.8 Å². The van der Waals surface area contributed by atoms with E-state index in [1.165, 1.54) is 13.2 Å². The zero-order valence-electron chi connectivity index (χ0n) is 15.6. The minimum Gasteiger partial charge on any atom is -0.489 e. The molecule has 0 bridgehead atoms. The molecule has 12 heteroatoms. The molecule has 1 aliphatic rings. The Morgan fingerprint density at radius 1 is 1.37 bits per heavy atom. The number of nitrogens with zero attached hydrogens (tertiary/aromatic N) is 1. The van der Waals surface area contributed by atoms with Gasteiger partial charge in [-0.15, -0.1) is 0 Å². The van der Waals surface area contributed by atoms with Crippen molar-refractivity contribution in [3.8, 4) is 5.75 Å². The fourth-order valence-electron chi connectivity index (χ4n) is 2.44. The predicted octanol–water partition coefficient (Wildman–Crippen LogP) is 3.74. The van der Waals surface area contributed by atoms with E-state index >= 15 is 0 Å². The van der Waals surface area contributed by atoms with Gasteiger partial charge in [-0.3, -0.25) is 10.8 Å². The molecular weight excluding hydrogens is 430 g/mol. The Bertz CT molecular complexity index is 928. The van der Waals surface area contributed by atoms with Crippen molar-refractivity contribution in [3.05, 3.63) is 59.3 Å². The topological polar surface area (TPSA) is 107 Å². The van der Waals surface area contributed by atoms with Crippen LogP contribution in [0.15, 0.2) is 48.1 Å². The summed E-state index contributed by atoms with van der Waals surface area (Å²) in [6, 6.07) is 2.80. The zero-order chi connectivity index (χ0) is 22.5. The number of allylic oxidation sites excluding steroid dienone is 2. The van der Waals surface area contributed by atoms with E-state index in [9.17, 15) is 17.6 Å². The van der Waals surface area contributed by atoms with E-state index in [-0.39, 0.29) is 41.8 Å². The number of hydrogen-bond acceptors (Lipinski definition) is 6. The Balaban J connectivity index is 2.35. The van der Waals surface area contributed by atoms with Crippen molar-refractivity contribution in [1.82, 2.24) is 10.3 Å². The summed E-state index contributed by atoms with van der Waals surface area (Å²) in [7, 11) is 1.34. The van der Waals surface area contributed by atoms with Gasteiger partial charge in [-0.25, -0.2) is 15.2 Å². The maximum atomic E-state index is 13.8. The number of methoxy groups -OCH3 is 1. The van der Waals surface area contributed by atoms with Gasteiger partial charge in [-0.2, -0.15) is 13.2 Å². The second kappa shape index (κ2) is 9.63. The maximum absolute atomic E-state index is 13.8. The van der Waals surface area contributed by atoms with E-state index in [1.54, 1.807) is 0 Å². The average molecular weight is 448 g/mol. The number of alkyl halides is 3. The van der Waals surface area contributed by atoms with Crippen LogP contribution in [0.2, 0.25) is 0 Å². The van der Waals surface area contributed by atoms with Gasteiger partial charge in [-0.1, -0.05) is 0 Å². The van der Waals surface area contributed by atoms with Crippen LogP contribution in [0, 0.1) is 10.8 Å². The fourth-order valence-corrected chi connectivity index (χ4v) is 2.53. The smallest absolute Gasteiger partial charge is 0.416 e. The molecule has 30 heavy (non-hydrogen) atoms. The molecule has 0 saturated heterocycles. The molecule has 0 radical (unpaired) electrons. The summed E-state index contributed by atoms with van der Waals surface area (Å²) in [5, 5.41) is 17.4. The quantitative estimate of drug-likeness (QED) is 0.133. The predicted molar refractivity (Wildman–Crippen MR) is 105 cm³/mol. The summed E-state index contributed by atoms with van der Waals surface area (Å²) >= 11 is 5.35. The second-order valence-electron chi connectivity index (χ2n) is 5.86. The number of hydrazine groups is 1. The standard InChI is InChI=1S/C18H18ClF4N5O2/c1-29-16-13(8-11(20)9-27-16)12-5-4-10(18(21,22)23)7-14(12)30-6-2-3-15(24)28(26)17(19)25/h2-5,7-8,24-25,27H,6,9,26H2,1H3/b3-2-,24-15?,25-17?. The van der Waals surface area contributed by atoms with Crippen molar-refractivity contribution < 1.29 is 27.0 Å². The van der Waals surface area contributed by atoms with Crippen molar-refractivity contribution in [2.45, 2.75) is 6.18 Å². The second-order valence-corrected chi connectivity index (χ2v) is 6.22. The summed E-state index contributed by atoms with van der Waals surface area (Å²) < 4.78 is 63.8. The number of hydrogen-bond donors (Lipinski definition) is 4. The van der Waals surface area contributed by atoms with Gasteiger partial charge >= 0.3 is 6.18 Å². The molecule has 0 unspecified atom stereocenters. The summed E-state index contributed by atoms with van der Waals surface area (Å²) in [6.07, 6.45) is -1.01. The van der Waals surface area contributed by atoms with Gasteiger partial charge in [0.2, 0.25) is 5.29 Å². The van der Waals surface area contributed by atoms with Crippen LogP contribution in [0.4, 0.5) is 17.6 Å². The Morgan fingerprint density at radius 3 is 2.67 bits per heavy atom. The molecule has 0 aromatic heterocycles. The van der Waals surface area contributed by atoms with E-state index in [0.717, 1.165) is 30.4 Å². The molecular formula is C18H18ClF4N5O2. The van der Waals surface area contributed by atoms with Crippen molar-refractivity contribution in [2.75, 3.05) is 20.3 Å². The highest BCUT2D eigenvalue weighted by molar-refractivity contribution is 6.64. The highest BCUT2D eigenvalue weighted by Crippen LogP contribution is 2.37. The molecule has 2 rings (SSSR count). The molecule has 5 N–H and O–H groups in total. The maximum Gasteiger partial charge on any atom is 0.416 e. The van der Waals surface area contributed by atoms with Crippen LogP contribution in [0.25, 0.3) is 5.57 Å². The number of nitrogens with one attached hydrogen (secondary N) is 3. The Morgan fingerprint density at radius 2 is 2.07 bits per heavy atom. The van der Waals surface area contributed by atoms with E-state index in [0.29, 0.717) is 5.01 Å². The number of rotatable bonds is 6. The number of halogens is 5. The molecule has 0 saturated carbocycles. The highest BCUT2D eigenvalue weighted by atomic mass is 35.5. The fraction of sp³-hybridized carbons (Fsp3) is 0.222. The molecule has 1 aliphatic heterocycles. The van der Waals surface area contributed by atoms with Gasteiger partial charge < -0.3 is 14.8 Å². The van der Waals surface area contributed by atoms with Gasteiger partial charge in [0.25, 0.3) is 0 Å². The molecule has 0 spiro atoms.